The molecular formula is C20H24N2O6. The van der Waals surface area contributed by atoms with Gasteiger partial charge in [0, 0.05) is 24.2 Å². The topological polar surface area (TPSA) is 122 Å². The first kappa shape index (κ1) is 21.2. The Morgan fingerprint density at radius 1 is 0.786 bits per heavy atom. The lowest BCUT2D eigenvalue weighted by atomic mass is 10.1. The number of hydrogen-bond acceptors (Lipinski definition) is 6. The van der Waals surface area contributed by atoms with Gasteiger partial charge in [-0.15, -0.1) is 0 Å². The van der Waals surface area contributed by atoms with Crippen LogP contribution in [0.4, 0.5) is 0 Å². The van der Waals surface area contributed by atoms with Gasteiger partial charge in [-0.2, -0.15) is 0 Å². The molecule has 0 amide bonds. The molecule has 1 unspecified atom stereocenters. The van der Waals surface area contributed by atoms with Crippen molar-refractivity contribution in [2.45, 2.75) is 26.2 Å². The smallest absolute Gasteiger partial charge is 0.317 e. The largest absolute Gasteiger partial charge is 0.508 e. The lowest BCUT2D eigenvalue weighted by molar-refractivity contribution is -0.144. The SMILES string of the molecule is CC(N(CC(=O)O)CC(=O)O)N(Cc1ccccc1O)Cc1ccccc1O. The van der Waals surface area contributed by atoms with Gasteiger partial charge in [0.05, 0.1) is 19.3 Å². The number of para-hydroxylation sites is 2. The van der Waals surface area contributed by atoms with Gasteiger partial charge in [-0.25, -0.2) is 0 Å². The lowest BCUT2D eigenvalue weighted by Gasteiger charge is -2.36. The van der Waals surface area contributed by atoms with E-state index in [-0.39, 0.29) is 24.6 Å². The second kappa shape index (κ2) is 9.72. The number of benzene rings is 2. The summed E-state index contributed by atoms with van der Waals surface area (Å²) in [5.74, 6) is -2.11. The summed E-state index contributed by atoms with van der Waals surface area (Å²) in [6, 6.07) is 13.5. The maximum atomic E-state index is 11.2. The van der Waals surface area contributed by atoms with Crippen molar-refractivity contribution < 1.29 is 30.0 Å². The second-order valence-electron chi connectivity index (χ2n) is 6.49. The van der Waals surface area contributed by atoms with Crippen molar-refractivity contribution in [3.05, 3.63) is 59.7 Å². The molecule has 0 heterocycles. The summed E-state index contributed by atoms with van der Waals surface area (Å²) in [6.07, 6.45) is -0.591. The molecule has 0 spiro atoms. The molecule has 4 N–H and O–H groups in total. The standard InChI is InChI=1S/C20H24N2O6/c1-14(22(12-19(25)26)13-20(27)28)21(10-15-6-2-4-8-17(15)23)11-16-7-3-5-9-18(16)24/h2-9,14,23-24H,10-13H2,1H3,(H,25,26)(H,27,28). The van der Waals surface area contributed by atoms with Crippen molar-refractivity contribution in [3.8, 4) is 11.5 Å². The van der Waals surface area contributed by atoms with E-state index in [9.17, 15) is 19.8 Å². The average molecular weight is 388 g/mol. The van der Waals surface area contributed by atoms with Crippen LogP contribution < -0.4 is 0 Å². The van der Waals surface area contributed by atoms with Gasteiger partial charge in [-0.05, 0) is 19.1 Å². The number of hydrogen-bond donors (Lipinski definition) is 4. The fourth-order valence-electron chi connectivity index (χ4n) is 2.95. The van der Waals surface area contributed by atoms with Gasteiger partial charge in [0.1, 0.15) is 11.5 Å². The molecule has 0 aromatic heterocycles. The maximum absolute atomic E-state index is 11.2. The Balaban J connectivity index is 2.34. The molecule has 2 aromatic carbocycles. The molecule has 0 aliphatic carbocycles. The Morgan fingerprint density at radius 2 is 1.18 bits per heavy atom. The minimum Gasteiger partial charge on any atom is -0.508 e. The van der Waals surface area contributed by atoms with E-state index in [2.05, 4.69) is 0 Å². The molecule has 28 heavy (non-hydrogen) atoms. The zero-order valence-electron chi connectivity index (χ0n) is 15.5. The maximum Gasteiger partial charge on any atom is 0.317 e. The van der Waals surface area contributed by atoms with Crippen molar-refractivity contribution in [1.82, 2.24) is 9.80 Å². The first-order chi connectivity index (χ1) is 13.3. The van der Waals surface area contributed by atoms with Crippen LogP contribution in [0.25, 0.3) is 0 Å². The zero-order chi connectivity index (χ0) is 20.7. The fourth-order valence-corrected chi connectivity index (χ4v) is 2.95. The zero-order valence-corrected chi connectivity index (χ0v) is 15.5. The van der Waals surface area contributed by atoms with Gasteiger partial charge < -0.3 is 20.4 Å². The van der Waals surface area contributed by atoms with E-state index in [1.807, 2.05) is 0 Å². The summed E-state index contributed by atoms with van der Waals surface area (Å²) in [6.45, 7) is 1.26. The summed E-state index contributed by atoms with van der Waals surface area (Å²) in [5, 5.41) is 38.6. The van der Waals surface area contributed by atoms with E-state index in [4.69, 9.17) is 10.2 Å². The van der Waals surface area contributed by atoms with Gasteiger partial charge in [0.15, 0.2) is 0 Å². The number of aromatic hydroxyl groups is 2. The second-order valence-corrected chi connectivity index (χ2v) is 6.49. The highest BCUT2D eigenvalue weighted by Crippen LogP contribution is 2.24. The Kier molecular flexibility index (Phi) is 7.36. The normalized spacial score (nSPS) is 12.2. The minimum atomic E-state index is -1.14. The van der Waals surface area contributed by atoms with E-state index < -0.39 is 31.2 Å². The third-order valence-electron chi connectivity index (χ3n) is 4.46. The van der Waals surface area contributed by atoms with E-state index in [0.717, 1.165) is 0 Å². The average Bonchev–Trinajstić information content (AvgIpc) is 2.62. The van der Waals surface area contributed by atoms with Crippen LogP contribution in [0.15, 0.2) is 48.5 Å². The number of carbonyl (C=O) groups is 2. The number of carboxylic acid groups (broad SMARTS) is 2. The van der Waals surface area contributed by atoms with Gasteiger partial charge >= 0.3 is 11.9 Å². The Bertz CT molecular complexity index is 762. The Hall–Kier alpha value is -3.10. The highest BCUT2D eigenvalue weighted by molar-refractivity contribution is 5.72. The third kappa shape index (κ3) is 5.97. The molecule has 8 heteroatoms. The van der Waals surface area contributed by atoms with Crippen molar-refractivity contribution in [1.29, 1.82) is 0 Å². The minimum absolute atomic E-state index is 0.0833. The monoisotopic (exact) mass is 388 g/mol. The molecule has 0 aliphatic rings. The third-order valence-corrected chi connectivity index (χ3v) is 4.46. The summed E-state index contributed by atoms with van der Waals surface area (Å²) >= 11 is 0. The van der Waals surface area contributed by atoms with Gasteiger partial charge in [-0.1, -0.05) is 36.4 Å². The number of aliphatic carboxylic acids is 2. The molecule has 8 nitrogen and oxygen atoms in total. The molecule has 0 aliphatic heterocycles. The van der Waals surface area contributed by atoms with Gasteiger partial charge in [0.25, 0.3) is 0 Å². The van der Waals surface area contributed by atoms with Crippen LogP contribution in [0.1, 0.15) is 18.1 Å². The molecule has 150 valence electrons. The fraction of sp³-hybridized carbons (Fsp3) is 0.300. The van der Waals surface area contributed by atoms with Crippen molar-refractivity contribution >= 4 is 11.9 Å². The summed E-state index contributed by atoms with van der Waals surface area (Å²) < 4.78 is 0. The van der Waals surface area contributed by atoms with E-state index >= 15 is 0 Å². The van der Waals surface area contributed by atoms with Crippen LogP contribution in [0.5, 0.6) is 11.5 Å². The van der Waals surface area contributed by atoms with Crippen molar-refractivity contribution in [2.24, 2.45) is 0 Å². The number of phenols is 2. The van der Waals surface area contributed by atoms with E-state index in [0.29, 0.717) is 11.1 Å². The van der Waals surface area contributed by atoms with Crippen LogP contribution in [0, 0.1) is 0 Å². The Morgan fingerprint density at radius 3 is 1.54 bits per heavy atom. The molecular weight excluding hydrogens is 364 g/mol. The number of phenolic OH excluding ortho intramolecular Hbond substituents is 2. The highest BCUT2D eigenvalue weighted by atomic mass is 16.4. The summed E-state index contributed by atoms with van der Waals surface area (Å²) in [7, 11) is 0. The van der Waals surface area contributed by atoms with Gasteiger partial charge in [-0.3, -0.25) is 19.4 Å². The predicted octanol–water partition coefficient (Wildman–Crippen LogP) is 1.92. The number of rotatable bonds is 10. The van der Waals surface area contributed by atoms with Crippen LogP contribution in [0.2, 0.25) is 0 Å². The molecule has 0 saturated carbocycles. The number of carboxylic acids is 2. The molecule has 0 fully saturated rings. The lowest BCUT2D eigenvalue weighted by Crippen LogP contribution is -2.49. The first-order valence-electron chi connectivity index (χ1n) is 8.73. The van der Waals surface area contributed by atoms with Gasteiger partial charge in [0.2, 0.25) is 0 Å². The molecule has 0 bridgehead atoms. The highest BCUT2D eigenvalue weighted by Gasteiger charge is 2.26. The number of nitrogens with zero attached hydrogens (tertiary/aromatic N) is 2. The summed E-state index contributed by atoms with van der Waals surface area (Å²) in [5.41, 5.74) is 1.21. The molecule has 0 radical (unpaired) electrons. The molecule has 2 rings (SSSR count). The van der Waals surface area contributed by atoms with Crippen LogP contribution >= 0.6 is 0 Å². The Labute approximate surface area is 162 Å². The van der Waals surface area contributed by atoms with Crippen molar-refractivity contribution in [3.63, 3.8) is 0 Å². The predicted molar refractivity (Wildman–Crippen MR) is 102 cm³/mol. The molecule has 1 atom stereocenters. The quantitative estimate of drug-likeness (QED) is 0.456. The molecule has 2 aromatic rings. The van der Waals surface area contributed by atoms with Crippen molar-refractivity contribution in [2.75, 3.05) is 13.1 Å². The summed E-state index contributed by atoms with van der Waals surface area (Å²) in [4.78, 5) is 25.5. The van der Waals surface area contributed by atoms with Crippen LogP contribution in [-0.4, -0.2) is 61.4 Å². The molecule has 0 saturated heterocycles. The van der Waals surface area contributed by atoms with Crippen LogP contribution in [-0.2, 0) is 22.7 Å². The first-order valence-corrected chi connectivity index (χ1v) is 8.73. The van der Waals surface area contributed by atoms with E-state index in [1.54, 1.807) is 60.4 Å². The van der Waals surface area contributed by atoms with E-state index in [1.165, 1.54) is 4.90 Å². The van der Waals surface area contributed by atoms with Crippen LogP contribution in [0.3, 0.4) is 0 Å².